The van der Waals surface area contributed by atoms with Crippen molar-refractivity contribution in [3.63, 3.8) is 0 Å². The van der Waals surface area contributed by atoms with Crippen molar-refractivity contribution < 1.29 is 9.53 Å². The number of methoxy groups -OCH3 is 1. The van der Waals surface area contributed by atoms with Gasteiger partial charge in [0.2, 0.25) is 0 Å². The number of nitrogens with two attached hydrogens (primary N) is 1. The van der Waals surface area contributed by atoms with Gasteiger partial charge in [-0.3, -0.25) is 9.78 Å². The van der Waals surface area contributed by atoms with E-state index < -0.39 is 0 Å². The van der Waals surface area contributed by atoms with E-state index in [1.54, 1.807) is 30.6 Å². The molecule has 0 saturated carbocycles. The third kappa shape index (κ3) is 3.06. The Bertz CT molecular complexity index is 599. The highest BCUT2D eigenvalue weighted by Crippen LogP contribution is 2.22. The second kappa shape index (κ2) is 6.06. The van der Waals surface area contributed by atoms with Gasteiger partial charge >= 0.3 is 0 Å². The summed E-state index contributed by atoms with van der Waals surface area (Å²) in [4.78, 5) is 16.3. The Labute approximate surface area is 117 Å². The molecule has 0 spiro atoms. The lowest BCUT2D eigenvalue weighted by molar-refractivity contribution is 0.0937. The van der Waals surface area contributed by atoms with Gasteiger partial charge in [-0.05, 0) is 42.8 Å². The summed E-state index contributed by atoms with van der Waals surface area (Å²) in [6.07, 6.45) is 3.39. The number of benzene rings is 1. The molecule has 5 nitrogen and oxygen atoms in total. The van der Waals surface area contributed by atoms with E-state index >= 15 is 0 Å². The van der Waals surface area contributed by atoms with Gasteiger partial charge in [-0.1, -0.05) is 0 Å². The third-order valence-electron chi connectivity index (χ3n) is 3.02. The molecule has 0 saturated heterocycles. The smallest absolute Gasteiger partial charge is 0.255 e. The number of aromatic nitrogens is 1. The van der Waals surface area contributed by atoms with Gasteiger partial charge in [0, 0.05) is 18.1 Å². The number of carbonyl (C=O) groups is 1. The Morgan fingerprint density at radius 3 is 2.65 bits per heavy atom. The van der Waals surface area contributed by atoms with Crippen LogP contribution >= 0.6 is 0 Å². The van der Waals surface area contributed by atoms with Gasteiger partial charge in [-0.2, -0.15) is 0 Å². The normalized spacial score (nSPS) is 11.7. The van der Waals surface area contributed by atoms with Crippen molar-refractivity contribution in [2.24, 2.45) is 0 Å². The first-order valence-corrected chi connectivity index (χ1v) is 6.26. The zero-order valence-electron chi connectivity index (χ0n) is 11.5. The number of amides is 1. The number of hydrogen-bond acceptors (Lipinski definition) is 4. The average Bonchev–Trinajstić information content (AvgIpc) is 2.48. The first-order chi connectivity index (χ1) is 9.61. The van der Waals surface area contributed by atoms with Crippen LogP contribution in [0.15, 0.2) is 42.7 Å². The molecular weight excluding hydrogens is 254 g/mol. The summed E-state index contributed by atoms with van der Waals surface area (Å²) in [7, 11) is 1.52. The van der Waals surface area contributed by atoms with Crippen LogP contribution in [0.25, 0.3) is 0 Å². The molecule has 1 unspecified atom stereocenters. The first-order valence-electron chi connectivity index (χ1n) is 6.26. The summed E-state index contributed by atoms with van der Waals surface area (Å²) < 4.78 is 5.18. The summed E-state index contributed by atoms with van der Waals surface area (Å²) in [5.41, 5.74) is 7.65. The Kier molecular flexibility index (Phi) is 4.20. The van der Waals surface area contributed by atoms with Gasteiger partial charge in [0.25, 0.3) is 5.91 Å². The number of pyridine rings is 1. The second-order valence-electron chi connectivity index (χ2n) is 4.44. The number of nitrogens with one attached hydrogen (secondary N) is 1. The first kappa shape index (κ1) is 13.9. The third-order valence-corrected chi connectivity index (χ3v) is 3.02. The number of hydrogen-bond donors (Lipinski definition) is 2. The van der Waals surface area contributed by atoms with Crippen LogP contribution in [0.5, 0.6) is 5.75 Å². The van der Waals surface area contributed by atoms with Crippen LogP contribution in [0.1, 0.15) is 28.9 Å². The number of rotatable bonds is 4. The molecule has 3 N–H and O–H groups in total. The van der Waals surface area contributed by atoms with Crippen molar-refractivity contribution in [1.29, 1.82) is 0 Å². The molecule has 2 aromatic rings. The molecule has 0 aliphatic carbocycles. The highest BCUT2D eigenvalue weighted by Gasteiger charge is 2.15. The van der Waals surface area contributed by atoms with E-state index in [0.29, 0.717) is 17.0 Å². The molecule has 1 aromatic heterocycles. The van der Waals surface area contributed by atoms with Crippen LogP contribution < -0.4 is 15.8 Å². The van der Waals surface area contributed by atoms with E-state index in [4.69, 9.17) is 10.5 Å². The lowest BCUT2D eigenvalue weighted by Crippen LogP contribution is -2.27. The molecule has 0 bridgehead atoms. The molecule has 1 atom stereocenters. The SMILES string of the molecule is COc1ccc(N)cc1C(=O)NC(C)c1ccncc1. The highest BCUT2D eigenvalue weighted by atomic mass is 16.5. The number of ether oxygens (including phenoxy) is 1. The van der Waals surface area contributed by atoms with E-state index in [0.717, 1.165) is 5.56 Å². The minimum absolute atomic E-state index is 0.128. The highest BCUT2D eigenvalue weighted by molar-refractivity contribution is 5.98. The van der Waals surface area contributed by atoms with Crippen LogP contribution in [-0.2, 0) is 0 Å². The number of nitrogen functional groups attached to an aromatic ring is 1. The van der Waals surface area contributed by atoms with E-state index in [9.17, 15) is 4.79 Å². The summed E-state index contributed by atoms with van der Waals surface area (Å²) in [6.45, 7) is 1.91. The fourth-order valence-corrected chi connectivity index (χ4v) is 1.91. The molecule has 2 rings (SSSR count). The fourth-order valence-electron chi connectivity index (χ4n) is 1.91. The summed E-state index contributed by atoms with van der Waals surface area (Å²) in [5.74, 6) is 0.275. The lowest BCUT2D eigenvalue weighted by Gasteiger charge is -2.15. The summed E-state index contributed by atoms with van der Waals surface area (Å²) in [6, 6.07) is 8.58. The number of nitrogens with zero attached hydrogens (tertiary/aromatic N) is 1. The summed E-state index contributed by atoms with van der Waals surface area (Å²) in [5, 5.41) is 2.91. The van der Waals surface area contributed by atoms with Gasteiger partial charge < -0.3 is 15.8 Å². The predicted octanol–water partition coefficient (Wildman–Crippen LogP) is 2.16. The number of carbonyl (C=O) groups excluding carboxylic acids is 1. The van der Waals surface area contributed by atoms with Crippen molar-refractivity contribution in [3.8, 4) is 5.75 Å². The van der Waals surface area contributed by atoms with Gasteiger partial charge in [-0.25, -0.2) is 0 Å². The van der Waals surface area contributed by atoms with Crippen molar-refractivity contribution in [2.75, 3.05) is 12.8 Å². The van der Waals surface area contributed by atoms with Crippen molar-refractivity contribution in [1.82, 2.24) is 10.3 Å². The molecular formula is C15H17N3O2. The minimum Gasteiger partial charge on any atom is -0.496 e. The maximum atomic E-state index is 12.3. The molecule has 5 heteroatoms. The van der Waals surface area contributed by atoms with Gasteiger partial charge in [-0.15, -0.1) is 0 Å². The Morgan fingerprint density at radius 1 is 1.30 bits per heavy atom. The van der Waals surface area contributed by atoms with Gasteiger partial charge in [0.15, 0.2) is 0 Å². The molecule has 104 valence electrons. The van der Waals surface area contributed by atoms with Gasteiger partial charge in [0.05, 0.1) is 18.7 Å². The fraction of sp³-hybridized carbons (Fsp3) is 0.200. The maximum absolute atomic E-state index is 12.3. The Morgan fingerprint density at radius 2 is 2.00 bits per heavy atom. The van der Waals surface area contributed by atoms with Crippen molar-refractivity contribution in [2.45, 2.75) is 13.0 Å². The molecule has 0 fully saturated rings. The van der Waals surface area contributed by atoms with Gasteiger partial charge in [0.1, 0.15) is 5.75 Å². The van der Waals surface area contributed by atoms with E-state index in [1.165, 1.54) is 7.11 Å². The Balaban J connectivity index is 2.18. The molecule has 1 aromatic carbocycles. The predicted molar refractivity (Wildman–Crippen MR) is 77.5 cm³/mol. The zero-order chi connectivity index (χ0) is 14.5. The minimum atomic E-state index is -0.224. The Hall–Kier alpha value is -2.56. The zero-order valence-corrected chi connectivity index (χ0v) is 11.5. The van der Waals surface area contributed by atoms with Crippen LogP contribution in [-0.4, -0.2) is 18.0 Å². The van der Waals surface area contributed by atoms with Crippen LogP contribution in [0, 0.1) is 0 Å². The van der Waals surface area contributed by atoms with E-state index in [1.807, 2.05) is 19.1 Å². The monoisotopic (exact) mass is 271 g/mol. The molecule has 1 heterocycles. The van der Waals surface area contributed by atoms with Crippen LogP contribution in [0.3, 0.4) is 0 Å². The molecule has 1 amide bonds. The molecule has 0 aliphatic heterocycles. The average molecular weight is 271 g/mol. The maximum Gasteiger partial charge on any atom is 0.255 e. The van der Waals surface area contributed by atoms with Crippen molar-refractivity contribution in [3.05, 3.63) is 53.9 Å². The quantitative estimate of drug-likeness (QED) is 0.835. The summed E-state index contributed by atoms with van der Waals surface area (Å²) >= 11 is 0. The van der Waals surface area contributed by atoms with E-state index in [2.05, 4.69) is 10.3 Å². The lowest BCUT2D eigenvalue weighted by atomic mass is 10.1. The van der Waals surface area contributed by atoms with Crippen LogP contribution in [0.2, 0.25) is 0 Å². The van der Waals surface area contributed by atoms with Crippen molar-refractivity contribution >= 4 is 11.6 Å². The standard InChI is InChI=1S/C15H17N3O2/c1-10(11-5-7-17-8-6-11)18-15(19)13-9-12(16)3-4-14(13)20-2/h3-10H,16H2,1-2H3,(H,18,19). The van der Waals surface area contributed by atoms with Crippen LogP contribution in [0.4, 0.5) is 5.69 Å². The molecule has 0 aliphatic rings. The topological polar surface area (TPSA) is 77.2 Å². The molecule has 0 radical (unpaired) electrons. The van der Waals surface area contributed by atoms with E-state index in [-0.39, 0.29) is 11.9 Å². The largest absolute Gasteiger partial charge is 0.496 e. The number of anilines is 1. The molecule has 20 heavy (non-hydrogen) atoms. The second-order valence-corrected chi connectivity index (χ2v) is 4.44.